The number of imide groups is 1. The molecular formula is C24H21N3O2S2. The average Bonchev–Trinajstić information content (AvgIpc) is 3.23. The van der Waals surface area contributed by atoms with Gasteiger partial charge in [0.25, 0.3) is 11.8 Å². The number of carbonyl (C=O) groups excluding carboxylic acids is 2. The van der Waals surface area contributed by atoms with Crippen LogP contribution in [0.25, 0.3) is 26.2 Å². The summed E-state index contributed by atoms with van der Waals surface area (Å²) >= 11 is 3.14. The number of likely N-dealkylation sites (N-methyl/N-ethyl adjacent to an activating group) is 1. The van der Waals surface area contributed by atoms with Crippen LogP contribution in [0.5, 0.6) is 0 Å². The number of aromatic nitrogens is 1. The van der Waals surface area contributed by atoms with Crippen LogP contribution in [-0.4, -0.2) is 28.2 Å². The van der Waals surface area contributed by atoms with Crippen molar-refractivity contribution in [3.63, 3.8) is 0 Å². The standard InChI is InChI=1S/C24H21N3O2S2/c1-6-27-23(28)17(15(5)18(11-25)24(27)29)9-16-10-19-21(30-16)26-22(31-19)20-13(3)7-12(2)8-14(20)4/h7-10H,6H2,1-5H3/b17-9-. The summed E-state index contributed by atoms with van der Waals surface area (Å²) in [6.45, 7) is 9.92. The highest BCUT2D eigenvalue weighted by Crippen LogP contribution is 2.39. The van der Waals surface area contributed by atoms with Gasteiger partial charge >= 0.3 is 0 Å². The number of benzene rings is 1. The highest BCUT2D eigenvalue weighted by atomic mass is 32.1. The number of carbonyl (C=O) groups is 2. The van der Waals surface area contributed by atoms with E-state index in [0.29, 0.717) is 11.1 Å². The van der Waals surface area contributed by atoms with Gasteiger partial charge in [-0.1, -0.05) is 17.7 Å². The van der Waals surface area contributed by atoms with Crippen molar-refractivity contribution in [1.82, 2.24) is 9.88 Å². The Bertz CT molecular complexity index is 1310. The van der Waals surface area contributed by atoms with E-state index >= 15 is 0 Å². The molecule has 0 spiro atoms. The Kier molecular flexibility index (Phi) is 5.38. The molecule has 0 saturated heterocycles. The Balaban J connectivity index is 1.77. The van der Waals surface area contributed by atoms with E-state index in [4.69, 9.17) is 4.98 Å². The molecule has 0 unspecified atom stereocenters. The van der Waals surface area contributed by atoms with E-state index in [2.05, 4.69) is 32.9 Å². The van der Waals surface area contributed by atoms with Gasteiger partial charge in [-0.25, -0.2) is 4.98 Å². The summed E-state index contributed by atoms with van der Waals surface area (Å²) in [6.07, 6.45) is 1.77. The van der Waals surface area contributed by atoms with Crippen molar-refractivity contribution in [3.05, 3.63) is 56.5 Å². The van der Waals surface area contributed by atoms with Gasteiger partial charge in [0.1, 0.15) is 21.5 Å². The molecule has 2 amide bonds. The van der Waals surface area contributed by atoms with Crippen LogP contribution in [0, 0.1) is 32.1 Å². The monoisotopic (exact) mass is 447 g/mol. The third-order valence-corrected chi connectivity index (χ3v) is 7.55. The van der Waals surface area contributed by atoms with E-state index < -0.39 is 5.91 Å². The van der Waals surface area contributed by atoms with E-state index in [1.54, 1.807) is 31.3 Å². The Morgan fingerprint density at radius 2 is 1.74 bits per heavy atom. The van der Waals surface area contributed by atoms with Crippen molar-refractivity contribution in [1.29, 1.82) is 5.26 Å². The molecule has 0 aliphatic carbocycles. The zero-order valence-electron chi connectivity index (χ0n) is 18.0. The maximum atomic E-state index is 12.8. The molecule has 1 aromatic carbocycles. The van der Waals surface area contributed by atoms with Crippen molar-refractivity contribution in [3.8, 4) is 16.6 Å². The van der Waals surface area contributed by atoms with Gasteiger partial charge in [-0.2, -0.15) is 5.26 Å². The molecule has 3 aromatic rings. The second-order valence-electron chi connectivity index (χ2n) is 7.64. The second-order valence-corrected chi connectivity index (χ2v) is 9.73. The fourth-order valence-corrected chi connectivity index (χ4v) is 6.35. The highest BCUT2D eigenvalue weighted by molar-refractivity contribution is 7.29. The first-order valence-electron chi connectivity index (χ1n) is 9.93. The number of rotatable bonds is 3. The van der Waals surface area contributed by atoms with Crippen molar-refractivity contribution in [2.24, 2.45) is 0 Å². The molecule has 0 radical (unpaired) electrons. The number of hydrogen-bond donors (Lipinski definition) is 0. The van der Waals surface area contributed by atoms with Crippen LogP contribution >= 0.6 is 22.7 Å². The Hall–Kier alpha value is -3.08. The molecule has 7 heteroatoms. The van der Waals surface area contributed by atoms with Crippen molar-refractivity contribution < 1.29 is 9.59 Å². The number of thiazole rings is 1. The van der Waals surface area contributed by atoms with Gasteiger partial charge < -0.3 is 0 Å². The molecule has 5 nitrogen and oxygen atoms in total. The molecular weight excluding hydrogens is 426 g/mol. The molecule has 2 aromatic heterocycles. The molecule has 0 atom stereocenters. The Morgan fingerprint density at radius 3 is 2.32 bits per heavy atom. The van der Waals surface area contributed by atoms with Crippen molar-refractivity contribution in [2.45, 2.75) is 34.6 Å². The summed E-state index contributed by atoms with van der Waals surface area (Å²) in [6, 6.07) is 8.32. The number of fused-ring (bicyclic) bond motifs is 1. The summed E-state index contributed by atoms with van der Waals surface area (Å²) in [4.78, 5) is 32.9. The predicted octanol–water partition coefficient (Wildman–Crippen LogP) is 5.56. The van der Waals surface area contributed by atoms with Crippen LogP contribution in [0.2, 0.25) is 0 Å². The maximum absolute atomic E-state index is 12.8. The van der Waals surface area contributed by atoms with Gasteiger partial charge in [0.15, 0.2) is 0 Å². The summed E-state index contributed by atoms with van der Waals surface area (Å²) in [5, 5.41) is 10.4. The van der Waals surface area contributed by atoms with Crippen LogP contribution in [-0.2, 0) is 9.59 Å². The van der Waals surface area contributed by atoms with Crippen LogP contribution in [0.3, 0.4) is 0 Å². The van der Waals surface area contributed by atoms with Gasteiger partial charge in [-0.3, -0.25) is 14.5 Å². The lowest BCUT2D eigenvalue weighted by Gasteiger charge is -2.26. The number of nitriles is 1. The number of hydrogen-bond acceptors (Lipinski definition) is 6. The predicted molar refractivity (Wildman–Crippen MR) is 126 cm³/mol. The van der Waals surface area contributed by atoms with Gasteiger partial charge in [0, 0.05) is 22.6 Å². The fraction of sp³-hybridized carbons (Fsp3) is 0.250. The van der Waals surface area contributed by atoms with E-state index in [1.165, 1.54) is 33.6 Å². The van der Waals surface area contributed by atoms with E-state index in [-0.39, 0.29) is 18.0 Å². The minimum atomic E-state index is -0.521. The molecule has 0 fully saturated rings. The summed E-state index contributed by atoms with van der Waals surface area (Å²) in [5.41, 5.74) is 5.68. The zero-order chi connectivity index (χ0) is 22.4. The van der Waals surface area contributed by atoms with Crippen LogP contribution < -0.4 is 0 Å². The summed E-state index contributed by atoms with van der Waals surface area (Å²) < 4.78 is 1.06. The first-order chi connectivity index (χ1) is 14.7. The van der Waals surface area contributed by atoms with Crippen LogP contribution in [0.15, 0.2) is 34.9 Å². The lowest BCUT2D eigenvalue weighted by molar-refractivity contribution is -0.140. The second kappa shape index (κ2) is 7.88. The SMILES string of the molecule is CCN1C(=O)C(C#N)=C(C)/C(=C/c2cc3sc(-c4c(C)cc(C)cc4C)nc3s2)C1=O. The molecule has 31 heavy (non-hydrogen) atoms. The number of nitrogens with zero attached hydrogens (tertiary/aromatic N) is 3. The molecule has 1 aliphatic heterocycles. The molecule has 4 rings (SSSR count). The number of thiophene rings is 1. The number of aryl methyl sites for hydroxylation is 3. The van der Waals surface area contributed by atoms with Crippen LogP contribution in [0.4, 0.5) is 0 Å². The molecule has 0 saturated carbocycles. The Morgan fingerprint density at radius 1 is 1.06 bits per heavy atom. The van der Waals surface area contributed by atoms with Gasteiger partial charge in [0.2, 0.25) is 0 Å². The molecule has 156 valence electrons. The highest BCUT2D eigenvalue weighted by Gasteiger charge is 2.34. The third kappa shape index (κ3) is 3.52. The lowest BCUT2D eigenvalue weighted by Crippen LogP contribution is -2.42. The van der Waals surface area contributed by atoms with Gasteiger partial charge in [-0.15, -0.1) is 22.7 Å². The van der Waals surface area contributed by atoms with Gasteiger partial charge in [0.05, 0.1) is 4.70 Å². The minimum absolute atomic E-state index is 0.0248. The van der Waals surface area contributed by atoms with Gasteiger partial charge in [-0.05, 0) is 63.5 Å². The first-order valence-corrected chi connectivity index (χ1v) is 11.6. The normalized spacial score (nSPS) is 16.0. The molecule has 0 N–H and O–H groups in total. The maximum Gasteiger partial charge on any atom is 0.271 e. The molecule has 0 bridgehead atoms. The van der Waals surface area contributed by atoms with E-state index in [9.17, 15) is 14.9 Å². The first kappa shape index (κ1) is 21.2. The van der Waals surface area contributed by atoms with E-state index in [1.807, 2.05) is 12.1 Å². The smallest absolute Gasteiger partial charge is 0.271 e. The minimum Gasteiger partial charge on any atom is -0.274 e. The number of amides is 2. The van der Waals surface area contributed by atoms with Crippen molar-refractivity contribution in [2.75, 3.05) is 6.54 Å². The van der Waals surface area contributed by atoms with Crippen LogP contribution in [0.1, 0.15) is 35.4 Å². The third-order valence-electron chi connectivity index (χ3n) is 5.43. The largest absolute Gasteiger partial charge is 0.274 e. The fourth-order valence-electron chi connectivity index (χ4n) is 4.01. The summed E-state index contributed by atoms with van der Waals surface area (Å²) in [5.74, 6) is -0.882. The Labute approximate surface area is 189 Å². The molecule has 1 aliphatic rings. The molecule has 3 heterocycles. The summed E-state index contributed by atoms with van der Waals surface area (Å²) in [7, 11) is 0. The lowest BCUT2D eigenvalue weighted by atomic mass is 9.95. The average molecular weight is 448 g/mol. The quantitative estimate of drug-likeness (QED) is 0.389. The topological polar surface area (TPSA) is 74.1 Å². The van der Waals surface area contributed by atoms with Crippen molar-refractivity contribution >= 4 is 50.1 Å². The van der Waals surface area contributed by atoms with E-state index in [0.717, 1.165) is 24.3 Å². The zero-order valence-corrected chi connectivity index (χ0v) is 19.6.